The molecular weight excluding hydrogens is 733 g/mol. The lowest BCUT2D eigenvalue weighted by Crippen LogP contribution is -2.74. The van der Waals surface area contributed by atoms with Gasteiger partial charge in [-0.15, -0.1) is 0 Å². The minimum atomic E-state index is -3.00. The molecule has 0 spiro atoms. The van der Waals surface area contributed by atoms with Gasteiger partial charge in [0.25, 0.3) is 6.33 Å². The summed E-state index contributed by atoms with van der Waals surface area (Å²) in [7, 11) is -3.00. The van der Waals surface area contributed by atoms with Crippen LogP contribution in [0.4, 0.5) is 0 Å². The maximum atomic E-state index is 5.04. The van der Waals surface area contributed by atoms with Crippen molar-refractivity contribution >= 4 is 61.7 Å². The van der Waals surface area contributed by atoms with Crippen LogP contribution in [0.2, 0.25) is 0 Å². The number of hydrogen-bond acceptors (Lipinski definition) is 1. The Labute approximate surface area is 344 Å². The third kappa shape index (κ3) is 5.74. The number of pyridine rings is 1. The van der Waals surface area contributed by atoms with E-state index in [1.807, 2.05) is 6.20 Å². The lowest BCUT2D eigenvalue weighted by atomic mass is 10.1. The third-order valence-corrected chi connectivity index (χ3v) is 16.6. The molecule has 0 bridgehead atoms. The number of aromatic nitrogens is 4. The minimum absolute atomic E-state index is 0.898. The van der Waals surface area contributed by atoms with Crippen LogP contribution in [-0.4, -0.2) is 22.2 Å². The Kier molecular flexibility index (Phi) is 8.45. The monoisotopic (exact) mass is 771 g/mol. The van der Waals surface area contributed by atoms with Gasteiger partial charge < -0.3 is 0 Å². The smallest absolute Gasteiger partial charge is 0.255 e. The van der Waals surface area contributed by atoms with Gasteiger partial charge in [0.05, 0.1) is 11.0 Å². The number of rotatable bonds is 8. The van der Waals surface area contributed by atoms with Crippen LogP contribution >= 0.6 is 0 Å². The Morgan fingerprint density at radius 1 is 0.407 bits per heavy atom. The molecule has 0 atom stereocenters. The van der Waals surface area contributed by atoms with Gasteiger partial charge in [-0.1, -0.05) is 164 Å². The van der Waals surface area contributed by atoms with Crippen molar-refractivity contribution in [2.24, 2.45) is 0 Å². The van der Waals surface area contributed by atoms with E-state index in [9.17, 15) is 0 Å². The van der Waals surface area contributed by atoms with Gasteiger partial charge in [0, 0.05) is 17.0 Å². The fraction of sp³-hybridized carbons (Fsp3) is 0. The zero-order valence-electron chi connectivity index (χ0n) is 32.3. The highest BCUT2D eigenvalue weighted by atomic mass is 28.3. The highest BCUT2D eigenvalue weighted by Gasteiger charge is 2.42. The van der Waals surface area contributed by atoms with Crippen molar-refractivity contribution in [2.45, 2.75) is 0 Å². The van der Waals surface area contributed by atoms with Crippen LogP contribution < -0.4 is 25.3 Å². The summed E-state index contributed by atoms with van der Waals surface area (Å²) in [6.45, 7) is 0. The van der Waals surface area contributed by atoms with E-state index in [1.54, 1.807) is 0 Å². The van der Waals surface area contributed by atoms with Crippen molar-refractivity contribution in [1.29, 1.82) is 0 Å². The summed E-state index contributed by atoms with van der Waals surface area (Å²) in [6.07, 6.45) is 4.17. The highest BCUT2D eigenvalue weighted by Crippen LogP contribution is 2.33. The molecule has 4 nitrogen and oxygen atoms in total. The summed E-state index contributed by atoms with van der Waals surface area (Å²) in [5.41, 5.74) is 9.13. The summed E-state index contributed by atoms with van der Waals surface area (Å²) in [5.74, 6) is 0.898. The second-order valence-corrected chi connectivity index (χ2v) is 18.9. The average Bonchev–Trinajstić information content (AvgIpc) is 3.87. The summed E-state index contributed by atoms with van der Waals surface area (Å²) in [4.78, 5) is 5.04. The quantitative estimate of drug-likeness (QED) is 0.0860. The average molecular weight is 772 g/mol. The van der Waals surface area contributed by atoms with E-state index in [0.717, 1.165) is 44.8 Å². The molecule has 0 unspecified atom stereocenters. The van der Waals surface area contributed by atoms with Crippen molar-refractivity contribution < 1.29 is 4.57 Å². The van der Waals surface area contributed by atoms with Crippen molar-refractivity contribution in [3.63, 3.8) is 0 Å². The van der Waals surface area contributed by atoms with E-state index >= 15 is 0 Å². The van der Waals surface area contributed by atoms with Crippen LogP contribution in [0, 0.1) is 0 Å². The van der Waals surface area contributed by atoms with Gasteiger partial charge in [-0.05, 0) is 92.5 Å². The first-order valence-electron chi connectivity index (χ1n) is 20.1. The first kappa shape index (κ1) is 34.6. The Morgan fingerprint density at radius 3 is 1.75 bits per heavy atom. The summed E-state index contributed by atoms with van der Waals surface area (Å²) in [5, 5.41) is 7.68. The zero-order chi connectivity index (χ0) is 39.2. The van der Waals surface area contributed by atoms with Crippen molar-refractivity contribution in [1.82, 2.24) is 14.1 Å². The van der Waals surface area contributed by atoms with Gasteiger partial charge in [0.2, 0.25) is 0 Å². The number of para-hydroxylation sites is 4. The van der Waals surface area contributed by atoms with Gasteiger partial charge >= 0.3 is 0 Å². The fourth-order valence-corrected chi connectivity index (χ4v) is 14.0. The van der Waals surface area contributed by atoms with Gasteiger partial charge in [0.15, 0.2) is 19.1 Å². The molecular formula is C54H39N4Si+. The molecule has 11 aromatic rings. The minimum Gasteiger partial charge on any atom is -0.294 e. The van der Waals surface area contributed by atoms with Gasteiger partial charge in [-0.3, -0.25) is 4.57 Å². The number of hydrogen-bond donors (Lipinski definition) is 0. The van der Waals surface area contributed by atoms with Crippen molar-refractivity contribution in [2.75, 3.05) is 0 Å². The molecule has 8 aromatic carbocycles. The number of imidazole rings is 1. The number of nitrogens with zero attached hydrogens (tertiary/aromatic N) is 4. The van der Waals surface area contributed by atoms with Gasteiger partial charge in [0.1, 0.15) is 17.2 Å². The number of benzene rings is 8. The SMILES string of the molecule is c1ccc(-c2ccnc(-n3c4ccccc4c4ccc([Si](c5ccccc5)(c5ccccc5)c5cccc(-n6c[n+](-c7ccccc7)c7ccccc76)c5)cc43)c2)cc1. The summed E-state index contributed by atoms with van der Waals surface area (Å²) >= 11 is 0. The maximum absolute atomic E-state index is 5.04. The third-order valence-electron chi connectivity index (χ3n) is 11.8. The largest absolute Gasteiger partial charge is 0.294 e. The highest BCUT2D eigenvalue weighted by molar-refractivity contribution is 7.20. The Bertz CT molecular complexity index is 3220. The van der Waals surface area contributed by atoms with E-state index in [1.165, 1.54) is 37.1 Å². The zero-order valence-corrected chi connectivity index (χ0v) is 33.3. The number of fused-ring (bicyclic) bond motifs is 4. The van der Waals surface area contributed by atoms with Crippen LogP contribution in [0.15, 0.2) is 237 Å². The van der Waals surface area contributed by atoms with Crippen LogP contribution in [0.25, 0.3) is 61.2 Å². The molecule has 0 radical (unpaired) electrons. The predicted octanol–water partition coefficient (Wildman–Crippen LogP) is 9.44. The van der Waals surface area contributed by atoms with Crippen molar-refractivity contribution in [3.05, 3.63) is 237 Å². The second kappa shape index (κ2) is 14.4. The first-order valence-corrected chi connectivity index (χ1v) is 22.1. The molecule has 0 aliphatic rings. The van der Waals surface area contributed by atoms with E-state index in [2.05, 4.69) is 244 Å². The summed E-state index contributed by atoms with van der Waals surface area (Å²) in [6, 6.07) is 81.8. The second-order valence-electron chi connectivity index (χ2n) is 15.1. The topological polar surface area (TPSA) is 26.6 Å². The molecule has 0 saturated carbocycles. The van der Waals surface area contributed by atoms with E-state index in [0.29, 0.717) is 0 Å². The predicted molar refractivity (Wildman–Crippen MR) is 246 cm³/mol. The molecule has 0 aliphatic heterocycles. The molecule has 0 amide bonds. The lowest BCUT2D eigenvalue weighted by molar-refractivity contribution is -0.567. The fourth-order valence-electron chi connectivity index (χ4n) is 9.18. The molecule has 0 saturated heterocycles. The Hall–Kier alpha value is -7.60. The van der Waals surface area contributed by atoms with Crippen LogP contribution in [0.5, 0.6) is 0 Å². The molecule has 3 heterocycles. The lowest BCUT2D eigenvalue weighted by Gasteiger charge is -2.34. The molecule has 0 N–H and O–H groups in total. The van der Waals surface area contributed by atoms with Crippen LogP contribution in [-0.2, 0) is 0 Å². The molecule has 5 heteroatoms. The maximum Gasteiger partial charge on any atom is 0.255 e. The molecule has 59 heavy (non-hydrogen) atoms. The first-order chi connectivity index (χ1) is 29.3. The van der Waals surface area contributed by atoms with E-state index in [4.69, 9.17) is 4.98 Å². The van der Waals surface area contributed by atoms with Crippen LogP contribution in [0.1, 0.15) is 0 Å². The molecule has 0 aliphatic carbocycles. The summed E-state index contributed by atoms with van der Waals surface area (Å²) < 4.78 is 6.99. The van der Waals surface area contributed by atoms with Gasteiger partial charge in [-0.2, -0.15) is 9.13 Å². The van der Waals surface area contributed by atoms with Crippen molar-refractivity contribution in [3.8, 4) is 28.3 Å². The molecule has 0 fully saturated rings. The van der Waals surface area contributed by atoms with E-state index in [-0.39, 0.29) is 0 Å². The molecule has 11 rings (SSSR count). The Balaban J connectivity index is 1.19. The van der Waals surface area contributed by atoms with Gasteiger partial charge in [-0.25, -0.2) is 4.98 Å². The van der Waals surface area contributed by atoms with E-state index < -0.39 is 8.07 Å². The standard InChI is InChI=1S/C54H39N4Si/c1-5-18-40(19-6-1)41-34-35-55-54(36-41)58-50-29-14-13-28-48(50)49-33-32-47(38-53(49)58)59(44-23-9-3-10-24-44,45-25-11-4-12-26-45)46-27-17-22-43(37-46)57-39-56(42-20-7-2-8-21-42)51-30-15-16-31-52(51)57/h1-39H/q+1. The Morgan fingerprint density at radius 2 is 1.00 bits per heavy atom. The molecule has 278 valence electrons. The molecule has 3 aromatic heterocycles. The van der Waals surface area contributed by atoms with Crippen LogP contribution in [0.3, 0.4) is 0 Å². The normalized spacial score (nSPS) is 11.7.